The van der Waals surface area contributed by atoms with E-state index in [4.69, 9.17) is 32.4 Å². The molecule has 0 spiro atoms. The quantitative estimate of drug-likeness (QED) is 0.266. The molecule has 3 heterocycles. The van der Waals surface area contributed by atoms with Gasteiger partial charge in [-0.3, -0.25) is 4.79 Å². The van der Waals surface area contributed by atoms with E-state index in [1.165, 1.54) is 43.1 Å². The van der Waals surface area contributed by atoms with Crippen LogP contribution >= 0.6 is 23.2 Å². The highest BCUT2D eigenvalue weighted by molar-refractivity contribution is 6.38. The number of hydrogen-bond acceptors (Lipinski definition) is 5. The number of fused-ring (bicyclic) bond motifs is 2. The Hall–Kier alpha value is -3.42. The maximum atomic E-state index is 14.3. The van der Waals surface area contributed by atoms with Crippen molar-refractivity contribution >= 4 is 51.0 Å². The van der Waals surface area contributed by atoms with E-state index in [-0.39, 0.29) is 44.2 Å². The van der Waals surface area contributed by atoms with Gasteiger partial charge in [-0.15, -0.1) is 0 Å². The third kappa shape index (κ3) is 2.99. The summed E-state index contributed by atoms with van der Waals surface area (Å²) in [5.74, 6) is -0.760. The van der Waals surface area contributed by atoms with Crippen LogP contribution in [0.4, 0.5) is 4.39 Å². The van der Waals surface area contributed by atoms with Crippen LogP contribution in [0.1, 0.15) is 15.9 Å². The number of nitrogens with one attached hydrogen (secondary N) is 1. The second-order valence-corrected chi connectivity index (χ2v) is 7.14. The molecule has 0 saturated carbocycles. The predicted molar refractivity (Wildman–Crippen MR) is 110 cm³/mol. The molecule has 0 aliphatic rings. The van der Waals surface area contributed by atoms with E-state index in [1.807, 2.05) is 0 Å². The Kier molecular flexibility index (Phi) is 4.42. The number of rotatable bonds is 4. The van der Waals surface area contributed by atoms with Crippen molar-refractivity contribution in [2.75, 3.05) is 0 Å². The van der Waals surface area contributed by atoms with Crippen molar-refractivity contribution in [1.29, 1.82) is 0 Å². The number of nitrogens with zero attached hydrogens (tertiary/aromatic N) is 2. The second-order valence-electron chi connectivity index (χ2n) is 6.38. The lowest BCUT2D eigenvalue weighted by Crippen LogP contribution is -2.02. The number of carbonyl (C=O) groups excluding carboxylic acids is 1. The lowest BCUT2D eigenvalue weighted by Gasteiger charge is -2.09. The van der Waals surface area contributed by atoms with Gasteiger partial charge in [-0.05, 0) is 30.3 Å². The number of ketones is 1. The van der Waals surface area contributed by atoms with Crippen LogP contribution in [0.25, 0.3) is 22.0 Å². The molecule has 5 rings (SSSR count). The van der Waals surface area contributed by atoms with Gasteiger partial charge in [0.1, 0.15) is 22.9 Å². The van der Waals surface area contributed by atoms with Gasteiger partial charge < -0.3 is 14.1 Å². The standard InChI is InChI=1S/C21H10Cl2FN3O3/c22-14-7-11(30-19-15(24)4-1-10-5-6-29-18(10)19)2-3-12(14)17(28)13-8-25-21-16(13)20(23)26-9-27-21/h1-9H,(H,25,26,27). The Morgan fingerprint density at radius 1 is 1.10 bits per heavy atom. The molecule has 0 radical (unpaired) electrons. The normalized spacial score (nSPS) is 11.3. The zero-order chi connectivity index (χ0) is 20.8. The summed E-state index contributed by atoms with van der Waals surface area (Å²) in [5.41, 5.74) is 1.23. The Morgan fingerprint density at radius 2 is 1.97 bits per heavy atom. The van der Waals surface area contributed by atoms with Crippen LogP contribution in [0.3, 0.4) is 0 Å². The fourth-order valence-corrected chi connectivity index (χ4v) is 3.68. The molecule has 1 N–H and O–H groups in total. The van der Waals surface area contributed by atoms with Gasteiger partial charge in [0.25, 0.3) is 0 Å². The molecule has 5 aromatic rings. The molecule has 30 heavy (non-hydrogen) atoms. The SMILES string of the molecule is O=C(c1ccc(Oc2c(F)ccc3ccoc23)cc1Cl)c1c[nH]c2ncnc(Cl)c12. The topological polar surface area (TPSA) is 81.0 Å². The van der Waals surface area contributed by atoms with Crippen molar-refractivity contribution in [3.63, 3.8) is 0 Å². The first-order chi connectivity index (χ1) is 14.5. The Balaban J connectivity index is 1.51. The molecule has 0 fully saturated rings. The first kappa shape index (κ1) is 18.6. The zero-order valence-corrected chi connectivity index (χ0v) is 16.5. The molecular formula is C21H10Cl2FN3O3. The molecule has 0 bridgehead atoms. The predicted octanol–water partition coefficient (Wildman–Crippen LogP) is 6.17. The molecule has 0 unspecified atom stereocenters. The van der Waals surface area contributed by atoms with Crippen molar-refractivity contribution in [1.82, 2.24) is 15.0 Å². The third-order valence-corrected chi connectivity index (χ3v) is 5.20. The minimum Gasteiger partial charge on any atom is -0.460 e. The smallest absolute Gasteiger partial charge is 0.206 e. The van der Waals surface area contributed by atoms with Crippen LogP contribution in [0.2, 0.25) is 10.2 Å². The van der Waals surface area contributed by atoms with Crippen LogP contribution in [-0.4, -0.2) is 20.7 Å². The summed E-state index contributed by atoms with van der Waals surface area (Å²) >= 11 is 12.5. The highest BCUT2D eigenvalue weighted by Crippen LogP contribution is 2.35. The molecule has 0 atom stereocenters. The van der Waals surface area contributed by atoms with Gasteiger partial charge in [0, 0.05) is 23.2 Å². The fourth-order valence-electron chi connectivity index (χ4n) is 3.19. The number of H-pyrrole nitrogens is 1. The average molecular weight is 442 g/mol. The summed E-state index contributed by atoms with van der Waals surface area (Å²) in [6, 6.07) is 9.03. The molecule has 6 nitrogen and oxygen atoms in total. The summed E-state index contributed by atoms with van der Waals surface area (Å²) in [6.45, 7) is 0. The maximum Gasteiger partial charge on any atom is 0.206 e. The van der Waals surface area contributed by atoms with Crippen LogP contribution in [0.15, 0.2) is 59.6 Å². The number of hydrogen-bond donors (Lipinski definition) is 1. The summed E-state index contributed by atoms with van der Waals surface area (Å²) < 4.78 is 25.2. The largest absolute Gasteiger partial charge is 0.460 e. The Bertz CT molecular complexity index is 1440. The van der Waals surface area contributed by atoms with E-state index >= 15 is 0 Å². The highest BCUT2D eigenvalue weighted by atomic mass is 35.5. The van der Waals surface area contributed by atoms with Gasteiger partial charge in [0.2, 0.25) is 5.75 Å². The van der Waals surface area contributed by atoms with E-state index in [0.29, 0.717) is 16.4 Å². The number of carbonyl (C=O) groups is 1. The highest BCUT2D eigenvalue weighted by Gasteiger charge is 2.21. The number of furan rings is 1. The summed E-state index contributed by atoms with van der Waals surface area (Å²) in [5, 5.41) is 1.39. The van der Waals surface area contributed by atoms with Crippen molar-refractivity contribution in [2.45, 2.75) is 0 Å². The van der Waals surface area contributed by atoms with Gasteiger partial charge in [-0.1, -0.05) is 23.2 Å². The van der Waals surface area contributed by atoms with Gasteiger partial charge in [-0.25, -0.2) is 14.4 Å². The van der Waals surface area contributed by atoms with E-state index in [2.05, 4.69) is 15.0 Å². The third-order valence-electron chi connectivity index (χ3n) is 4.60. The first-order valence-electron chi connectivity index (χ1n) is 8.68. The first-order valence-corrected chi connectivity index (χ1v) is 9.44. The van der Waals surface area contributed by atoms with E-state index < -0.39 is 5.82 Å². The zero-order valence-electron chi connectivity index (χ0n) is 14.9. The van der Waals surface area contributed by atoms with Gasteiger partial charge in [-0.2, -0.15) is 0 Å². The number of halogens is 3. The molecule has 0 saturated heterocycles. The molecule has 2 aromatic carbocycles. The minimum absolute atomic E-state index is 0.0618. The summed E-state index contributed by atoms with van der Waals surface area (Å²) in [7, 11) is 0. The number of ether oxygens (including phenoxy) is 1. The number of benzene rings is 2. The molecule has 9 heteroatoms. The maximum absolute atomic E-state index is 14.3. The van der Waals surface area contributed by atoms with E-state index in [9.17, 15) is 9.18 Å². The monoisotopic (exact) mass is 441 g/mol. The van der Waals surface area contributed by atoms with E-state index in [1.54, 1.807) is 12.1 Å². The molecule has 0 aliphatic heterocycles. The van der Waals surface area contributed by atoms with Crippen molar-refractivity contribution < 1.29 is 18.3 Å². The molecule has 0 amide bonds. The van der Waals surface area contributed by atoms with Gasteiger partial charge >= 0.3 is 0 Å². The summed E-state index contributed by atoms with van der Waals surface area (Å²) in [6.07, 6.45) is 4.25. The summed E-state index contributed by atoms with van der Waals surface area (Å²) in [4.78, 5) is 23.9. The van der Waals surface area contributed by atoms with Crippen molar-refractivity contribution in [3.05, 3.63) is 82.3 Å². The Labute approximate surface area is 178 Å². The van der Waals surface area contributed by atoms with Crippen LogP contribution in [0, 0.1) is 5.82 Å². The number of aromatic nitrogens is 3. The molecule has 3 aromatic heterocycles. The lowest BCUT2D eigenvalue weighted by molar-refractivity contribution is 0.104. The average Bonchev–Trinajstić information content (AvgIpc) is 3.37. The number of aromatic amines is 1. The van der Waals surface area contributed by atoms with Crippen LogP contribution in [-0.2, 0) is 0 Å². The molecule has 0 aliphatic carbocycles. The molecule has 148 valence electrons. The fraction of sp³-hybridized carbons (Fsp3) is 0. The molecular weight excluding hydrogens is 432 g/mol. The minimum atomic E-state index is -0.581. The van der Waals surface area contributed by atoms with Crippen molar-refractivity contribution in [2.24, 2.45) is 0 Å². The van der Waals surface area contributed by atoms with Crippen molar-refractivity contribution in [3.8, 4) is 11.5 Å². The van der Waals surface area contributed by atoms with E-state index in [0.717, 1.165) is 0 Å². The second kappa shape index (κ2) is 7.12. The van der Waals surface area contributed by atoms with Gasteiger partial charge in [0.05, 0.1) is 22.2 Å². The lowest BCUT2D eigenvalue weighted by atomic mass is 10.0. The Morgan fingerprint density at radius 3 is 2.80 bits per heavy atom. The van der Waals surface area contributed by atoms with Crippen LogP contribution in [0.5, 0.6) is 11.5 Å². The van der Waals surface area contributed by atoms with Crippen LogP contribution < -0.4 is 4.74 Å². The van der Waals surface area contributed by atoms with Gasteiger partial charge in [0.15, 0.2) is 17.2 Å².